The van der Waals surface area contributed by atoms with Crippen LogP contribution in [0.25, 0.3) is 0 Å². The van der Waals surface area contributed by atoms with Gasteiger partial charge in [-0.1, -0.05) is 0 Å². The van der Waals surface area contributed by atoms with E-state index in [1.54, 1.807) is 38.5 Å². The minimum atomic E-state index is -3.12. The zero-order valence-electron chi connectivity index (χ0n) is 14.6. The van der Waals surface area contributed by atoms with Crippen LogP contribution in [0.2, 0.25) is 0 Å². The summed E-state index contributed by atoms with van der Waals surface area (Å²) in [5, 5.41) is 6.54. The highest BCUT2D eigenvalue weighted by molar-refractivity contribution is 8.21. The minimum Gasteiger partial charge on any atom is -0.497 e. The molecular formula is C14H16Cl4N5O2P3. The van der Waals surface area contributed by atoms with Crippen LogP contribution in [0.15, 0.2) is 62.1 Å². The van der Waals surface area contributed by atoms with Crippen LogP contribution in [0.3, 0.4) is 0 Å². The predicted octanol–water partition coefficient (Wildman–Crippen LogP) is 9.04. The Morgan fingerprint density at radius 2 is 1.04 bits per heavy atom. The van der Waals surface area contributed by atoms with Gasteiger partial charge in [0.1, 0.15) is 11.5 Å². The molecule has 14 heteroatoms. The molecule has 3 rings (SSSR count). The number of anilines is 2. The second-order valence-corrected chi connectivity index (χ2v) is 17.8. The Balaban J connectivity index is 2.07. The maximum atomic E-state index is 6.32. The summed E-state index contributed by atoms with van der Waals surface area (Å²) in [4.78, 5) is 0. The van der Waals surface area contributed by atoms with E-state index in [-0.39, 0.29) is 0 Å². The Bertz CT molecular complexity index is 957. The van der Waals surface area contributed by atoms with Gasteiger partial charge in [0, 0.05) is 11.4 Å². The van der Waals surface area contributed by atoms with Crippen molar-refractivity contribution in [3.8, 4) is 11.5 Å². The minimum absolute atomic E-state index is 0.710. The van der Waals surface area contributed by atoms with E-state index in [0.717, 1.165) is 0 Å². The largest absolute Gasteiger partial charge is 0.497 e. The SMILES string of the molecule is COc1ccc(NP2(Nc3ccc(OC)cc3)=NP(Cl)(Cl)=NP(Cl)(Cl)=N2)cc1. The molecule has 0 aromatic heterocycles. The van der Waals surface area contributed by atoms with Gasteiger partial charge in [-0.15, -0.1) is 0 Å². The molecule has 2 N–H and O–H groups in total. The summed E-state index contributed by atoms with van der Waals surface area (Å²) in [6.45, 7) is 0. The fraction of sp³-hybridized carbons (Fsp3) is 0.143. The van der Waals surface area contributed by atoms with Gasteiger partial charge in [-0.05, 0) is 93.5 Å². The Kier molecular flexibility index (Phi) is 6.89. The maximum absolute atomic E-state index is 6.32. The van der Waals surface area contributed by atoms with Crippen molar-refractivity contribution in [2.45, 2.75) is 0 Å². The van der Waals surface area contributed by atoms with Crippen LogP contribution in [-0.2, 0) is 0 Å². The van der Waals surface area contributed by atoms with Gasteiger partial charge in [-0.3, -0.25) is 0 Å². The molecule has 0 atom stereocenters. The first-order valence-electron chi connectivity index (χ1n) is 7.69. The monoisotopic (exact) mass is 519 g/mol. The zero-order valence-corrected chi connectivity index (χ0v) is 20.3. The Morgan fingerprint density at radius 1 is 0.643 bits per heavy atom. The molecule has 0 unspecified atom stereocenters. The van der Waals surface area contributed by atoms with Crippen molar-refractivity contribution in [1.82, 2.24) is 0 Å². The van der Waals surface area contributed by atoms with Gasteiger partial charge in [0.2, 0.25) is 0 Å². The highest BCUT2D eigenvalue weighted by Crippen LogP contribution is 2.84. The first-order chi connectivity index (χ1) is 13.1. The molecule has 0 spiro atoms. The van der Waals surface area contributed by atoms with Crippen molar-refractivity contribution in [3.63, 3.8) is 0 Å². The summed E-state index contributed by atoms with van der Waals surface area (Å²) in [5.74, 6) is -4.83. The number of hydrogen-bond donors (Lipinski definition) is 2. The zero-order chi connectivity index (χ0) is 20.4. The lowest BCUT2D eigenvalue weighted by molar-refractivity contribution is 0.415. The Hall–Kier alpha value is -0.510. The van der Waals surface area contributed by atoms with Crippen molar-refractivity contribution in [1.29, 1.82) is 0 Å². The molecule has 7 nitrogen and oxygen atoms in total. The van der Waals surface area contributed by atoms with Gasteiger partial charge in [0.05, 0.1) is 14.2 Å². The summed E-state index contributed by atoms with van der Waals surface area (Å²) < 4.78 is 23.4. The van der Waals surface area contributed by atoms with E-state index in [1.807, 2.05) is 24.3 Å². The molecule has 1 aliphatic heterocycles. The van der Waals surface area contributed by atoms with Crippen molar-refractivity contribution >= 4 is 75.7 Å². The normalized spacial score (nSPS) is 18.6. The molecule has 28 heavy (non-hydrogen) atoms. The molecule has 0 saturated carbocycles. The summed E-state index contributed by atoms with van der Waals surface area (Å²) in [5.41, 5.74) is 1.43. The van der Waals surface area contributed by atoms with E-state index in [4.69, 9.17) is 54.4 Å². The molecule has 1 heterocycles. The fourth-order valence-electron chi connectivity index (χ4n) is 2.30. The second-order valence-electron chi connectivity index (χ2n) is 5.46. The molecule has 1 aliphatic rings. The number of nitrogens with one attached hydrogen (secondary N) is 2. The lowest BCUT2D eigenvalue weighted by Crippen LogP contribution is -2.05. The standard InChI is InChI=1S/C14H16Cl4N5O2P3/c1-24-13-7-3-11(4-8-13)19-28(20-12-5-9-14(25-2)10-6-12)22-26(15,16)21-27(17,18)23-28/h3-10,19-20H,1-2H3. The van der Waals surface area contributed by atoms with Gasteiger partial charge in [0.15, 0.2) is 0 Å². The number of hydrogen-bond acceptors (Lipinski definition) is 7. The van der Waals surface area contributed by atoms with Crippen LogP contribution in [0.5, 0.6) is 11.5 Å². The van der Waals surface area contributed by atoms with E-state index in [1.165, 1.54) is 0 Å². The molecule has 0 fully saturated rings. The number of halogens is 4. The van der Waals surface area contributed by atoms with Gasteiger partial charge in [-0.2, -0.15) is 13.5 Å². The molecular weight excluding hydrogens is 505 g/mol. The highest BCUT2D eigenvalue weighted by Gasteiger charge is 2.34. The molecule has 0 saturated heterocycles. The highest BCUT2D eigenvalue weighted by atomic mass is 35.9. The van der Waals surface area contributed by atoms with Gasteiger partial charge >= 0.3 is 0 Å². The predicted molar refractivity (Wildman–Crippen MR) is 125 cm³/mol. The topological polar surface area (TPSA) is 79.6 Å². The van der Waals surface area contributed by atoms with E-state index in [0.29, 0.717) is 22.9 Å². The molecule has 152 valence electrons. The first-order valence-corrected chi connectivity index (χ1v) is 16.4. The van der Waals surface area contributed by atoms with E-state index >= 15 is 0 Å². The number of nitrogens with zero attached hydrogens (tertiary/aromatic N) is 3. The van der Waals surface area contributed by atoms with Crippen LogP contribution >= 0.6 is 64.3 Å². The van der Waals surface area contributed by atoms with Crippen molar-refractivity contribution in [3.05, 3.63) is 48.5 Å². The first kappa shape index (κ1) is 22.2. The quantitative estimate of drug-likeness (QED) is 0.372. The third-order valence-corrected chi connectivity index (χ3v) is 15.0. The van der Waals surface area contributed by atoms with Crippen molar-refractivity contribution in [2.24, 2.45) is 13.5 Å². The van der Waals surface area contributed by atoms with E-state index in [2.05, 4.69) is 23.7 Å². The lowest BCUT2D eigenvalue weighted by Gasteiger charge is -2.29. The third-order valence-electron chi connectivity index (χ3n) is 3.44. The van der Waals surface area contributed by atoms with Crippen LogP contribution < -0.4 is 19.6 Å². The van der Waals surface area contributed by atoms with E-state index < -0.39 is 19.3 Å². The summed E-state index contributed by atoms with van der Waals surface area (Å²) in [6, 6.07) is 14.5. The molecule has 2 aromatic carbocycles. The fourth-order valence-corrected chi connectivity index (χ4v) is 17.3. The van der Waals surface area contributed by atoms with Crippen LogP contribution in [-0.4, -0.2) is 14.2 Å². The molecule has 0 radical (unpaired) electrons. The van der Waals surface area contributed by atoms with Gasteiger partial charge < -0.3 is 19.6 Å². The summed E-state index contributed by atoms with van der Waals surface area (Å²) in [6.07, 6.45) is 0. The lowest BCUT2D eigenvalue weighted by atomic mass is 10.3. The average Bonchev–Trinajstić information content (AvgIpc) is 2.60. The Morgan fingerprint density at radius 3 is 1.39 bits per heavy atom. The second kappa shape index (κ2) is 8.70. The smallest absolute Gasteiger partial charge is 0.266 e. The molecule has 0 aliphatic carbocycles. The van der Waals surface area contributed by atoms with Crippen molar-refractivity contribution in [2.75, 3.05) is 24.4 Å². The van der Waals surface area contributed by atoms with Crippen LogP contribution in [0, 0.1) is 0 Å². The average molecular weight is 521 g/mol. The molecule has 2 aromatic rings. The summed E-state index contributed by atoms with van der Waals surface area (Å²) in [7, 11) is 0.206. The molecule has 0 bridgehead atoms. The third kappa shape index (κ3) is 5.77. The number of ether oxygens (including phenoxy) is 2. The maximum Gasteiger partial charge on any atom is 0.266 e. The van der Waals surface area contributed by atoms with Gasteiger partial charge in [-0.25, -0.2) is 0 Å². The van der Waals surface area contributed by atoms with Crippen molar-refractivity contribution < 1.29 is 9.47 Å². The van der Waals surface area contributed by atoms with Crippen LogP contribution in [0.4, 0.5) is 11.4 Å². The van der Waals surface area contributed by atoms with Gasteiger partial charge in [0.25, 0.3) is 19.3 Å². The Labute approximate surface area is 182 Å². The molecule has 0 amide bonds. The number of rotatable bonds is 6. The number of benzene rings is 2. The van der Waals surface area contributed by atoms with E-state index in [9.17, 15) is 0 Å². The number of methoxy groups -OCH3 is 2. The summed E-state index contributed by atoms with van der Waals surface area (Å²) >= 11 is 25.3. The van der Waals surface area contributed by atoms with Crippen LogP contribution in [0.1, 0.15) is 0 Å².